The van der Waals surface area contributed by atoms with Crippen molar-refractivity contribution in [2.45, 2.75) is 36.7 Å². The van der Waals surface area contributed by atoms with Crippen molar-refractivity contribution in [3.8, 4) is 0 Å². The molecule has 0 saturated carbocycles. The zero-order chi connectivity index (χ0) is 19.6. The second-order valence-corrected chi connectivity index (χ2v) is 8.97. The first kappa shape index (κ1) is 19.1. The molecule has 2 heterocycles. The van der Waals surface area contributed by atoms with E-state index >= 15 is 0 Å². The van der Waals surface area contributed by atoms with E-state index in [-0.39, 0.29) is 23.5 Å². The fraction of sp³-hybridized carbons (Fsp3) is 0.381. The Balaban J connectivity index is 1.55. The monoisotopic (exact) mass is 400 g/mol. The zero-order valence-corrected chi connectivity index (χ0v) is 16.5. The molecular weight excluding hydrogens is 376 g/mol. The molecule has 7 heteroatoms. The number of sulfonamides is 1. The first-order valence-corrected chi connectivity index (χ1v) is 11.1. The molecule has 2 aromatic carbocycles. The van der Waals surface area contributed by atoms with Crippen molar-refractivity contribution in [2.24, 2.45) is 0 Å². The maximum atomic E-state index is 12.9. The van der Waals surface area contributed by atoms with E-state index in [0.29, 0.717) is 18.7 Å². The molecule has 2 aliphatic rings. The van der Waals surface area contributed by atoms with Crippen molar-refractivity contribution in [3.63, 3.8) is 0 Å². The summed E-state index contributed by atoms with van der Waals surface area (Å²) in [6.45, 7) is 1.61. The Morgan fingerprint density at radius 1 is 1.14 bits per heavy atom. The van der Waals surface area contributed by atoms with Gasteiger partial charge in [-0.05, 0) is 61.6 Å². The summed E-state index contributed by atoms with van der Waals surface area (Å²) < 4.78 is 33.5. The number of hydrogen-bond acceptors (Lipinski definition) is 4. The fourth-order valence-electron chi connectivity index (χ4n) is 3.78. The molecule has 0 unspecified atom stereocenters. The summed E-state index contributed by atoms with van der Waals surface area (Å²) in [5.41, 5.74) is 2.30. The molecule has 1 atom stereocenters. The van der Waals surface area contributed by atoms with E-state index in [9.17, 15) is 13.2 Å². The minimum atomic E-state index is -3.60. The van der Waals surface area contributed by atoms with Crippen molar-refractivity contribution in [3.05, 3.63) is 59.7 Å². The lowest BCUT2D eigenvalue weighted by Crippen LogP contribution is -2.36. The number of benzene rings is 2. The predicted octanol–water partition coefficient (Wildman–Crippen LogP) is 2.74. The lowest BCUT2D eigenvalue weighted by molar-refractivity contribution is 0.0985. The quantitative estimate of drug-likeness (QED) is 0.837. The normalized spacial score (nSPS) is 19.4. The second kappa shape index (κ2) is 8.03. The summed E-state index contributed by atoms with van der Waals surface area (Å²) in [7, 11) is -3.60. The SMILES string of the molecule is O=C(c1ccccc1)N1CCCc2cc(S(=O)(=O)NC[C@H]3CCCO3)ccc21. The van der Waals surface area contributed by atoms with Crippen molar-refractivity contribution >= 4 is 21.6 Å². The molecule has 6 nitrogen and oxygen atoms in total. The van der Waals surface area contributed by atoms with Crippen LogP contribution in [0.1, 0.15) is 35.2 Å². The molecule has 1 saturated heterocycles. The lowest BCUT2D eigenvalue weighted by Gasteiger charge is -2.30. The average molecular weight is 401 g/mol. The maximum Gasteiger partial charge on any atom is 0.258 e. The van der Waals surface area contributed by atoms with Crippen LogP contribution in [-0.2, 0) is 21.2 Å². The van der Waals surface area contributed by atoms with Gasteiger partial charge in [-0.2, -0.15) is 0 Å². The first-order chi connectivity index (χ1) is 13.5. The molecule has 0 spiro atoms. The van der Waals surface area contributed by atoms with E-state index in [1.807, 2.05) is 18.2 Å². The summed E-state index contributed by atoms with van der Waals surface area (Å²) in [6.07, 6.45) is 3.35. The van der Waals surface area contributed by atoms with Crippen LogP contribution in [0.4, 0.5) is 5.69 Å². The molecule has 4 rings (SSSR count). The number of hydrogen-bond donors (Lipinski definition) is 1. The number of fused-ring (bicyclic) bond motifs is 1. The van der Waals surface area contributed by atoms with E-state index in [1.165, 1.54) is 0 Å². The largest absolute Gasteiger partial charge is 0.377 e. The molecular formula is C21H24N2O4S. The number of nitrogens with one attached hydrogen (secondary N) is 1. The van der Waals surface area contributed by atoms with Crippen molar-refractivity contribution in [1.82, 2.24) is 4.72 Å². The third-order valence-electron chi connectivity index (χ3n) is 5.27. The number of carbonyl (C=O) groups is 1. The van der Waals surface area contributed by atoms with Crippen molar-refractivity contribution in [2.75, 3.05) is 24.6 Å². The highest BCUT2D eigenvalue weighted by atomic mass is 32.2. The van der Waals surface area contributed by atoms with Gasteiger partial charge in [-0.3, -0.25) is 4.79 Å². The summed E-state index contributed by atoms with van der Waals surface area (Å²) >= 11 is 0. The predicted molar refractivity (Wildman–Crippen MR) is 107 cm³/mol. The van der Waals surface area contributed by atoms with Crippen molar-refractivity contribution in [1.29, 1.82) is 0 Å². The van der Waals surface area contributed by atoms with Gasteiger partial charge in [0.1, 0.15) is 0 Å². The minimum Gasteiger partial charge on any atom is -0.377 e. The molecule has 0 radical (unpaired) electrons. The van der Waals surface area contributed by atoms with Crippen LogP contribution in [0, 0.1) is 0 Å². The summed E-state index contributed by atoms with van der Waals surface area (Å²) in [5, 5.41) is 0. The molecule has 28 heavy (non-hydrogen) atoms. The highest BCUT2D eigenvalue weighted by molar-refractivity contribution is 7.89. The number of rotatable bonds is 5. The van der Waals surface area contributed by atoms with Gasteiger partial charge in [0.2, 0.25) is 10.0 Å². The Labute approximate surface area is 165 Å². The number of ether oxygens (including phenoxy) is 1. The molecule has 1 N–H and O–H groups in total. The van der Waals surface area contributed by atoms with Gasteiger partial charge < -0.3 is 9.64 Å². The van der Waals surface area contributed by atoms with Crippen LogP contribution in [0.15, 0.2) is 53.4 Å². The van der Waals surface area contributed by atoms with Gasteiger partial charge >= 0.3 is 0 Å². The third-order valence-corrected chi connectivity index (χ3v) is 6.69. The molecule has 0 aliphatic carbocycles. The van der Waals surface area contributed by atoms with Crippen LogP contribution in [-0.4, -0.2) is 40.1 Å². The Bertz CT molecular complexity index is 954. The summed E-state index contributed by atoms with van der Waals surface area (Å²) in [4.78, 5) is 14.9. The third kappa shape index (κ3) is 3.97. The number of nitrogens with zero attached hydrogens (tertiary/aromatic N) is 1. The fourth-order valence-corrected chi connectivity index (χ4v) is 4.90. The van der Waals surface area contributed by atoms with Gasteiger partial charge in [0.25, 0.3) is 5.91 Å². The van der Waals surface area contributed by atoms with E-state index < -0.39 is 10.0 Å². The van der Waals surface area contributed by atoms with Crippen LogP contribution in [0.2, 0.25) is 0 Å². The summed E-state index contributed by atoms with van der Waals surface area (Å²) in [6, 6.07) is 14.2. The Morgan fingerprint density at radius 2 is 1.96 bits per heavy atom. The van der Waals surface area contributed by atoms with Gasteiger partial charge in [-0.15, -0.1) is 0 Å². The highest BCUT2D eigenvalue weighted by Gasteiger charge is 2.26. The number of carbonyl (C=O) groups excluding carboxylic acids is 1. The molecule has 2 aromatic rings. The topological polar surface area (TPSA) is 75.7 Å². The number of anilines is 1. The molecule has 1 fully saturated rings. The van der Waals surface area contributed by atoms with Gasteiger partial charge in [-0.1, -0.05) is 18.2 Å². The standard InChI is InChI=1S/C21H24N2O4S/c24-21(16-6-2-1-3-7-16)23-12-4-8-17-14-19(10-11-20(17)23)28(25,26)22-15-18-9-5-13-27-18/h1-3,6-7,10-11,14,18,22H,4-5,8-9,12-13,15H2/t18-/m1/s1. The molecule has 2 aliphatic heterocycles. The van der Waals surface area contributed by atoms with E-state index in [4.69, 9.17) is 4.74 Å². The maximum absolute atomic E-state index is 12.9. The second-order valence-electron chi connectivity index (χ2n) is 7.20. The number of aryl methyl sites for hydroxylation is 1. The van der Waals surface area contributed by atoms with Gasteiger partial charge in [0, 0.05) is 30.9 Å². The molecule has 0 aromatic heterocycles. The Kier molecular flexibility index (Phi) is 5.48. The lowest BCUT2D eigenvalue weighted by atomic mass is 10.0. The van der Waals surface area contributed by atoms with E-state index in [2.05, 4.69) is 4.72 Å². The zero-order valence-electron chi connectivity index (χ0n) is 15.6. The van der Waals surface area contributed by atoms with Gasteiger partial charge in [0.15, 0.2) is 0 Å². The smallest absolute Gasteiger partial charge is 0.258 e. The molecule has 0 bridgehead atoms. The Morgan fingerprint density at radius 3 is 2.71 bits per heavy atom. The van der Waals surface area contributed by atoms with Crippen molar-refractivity contribution < 1.29 is 17.9 Å². The minimum absolute atomic E-state index is 0.0496. The summed E-state index contributed by atoms with van der Waals surface area (Å²) in [5.74, 6) is -0.0614. The van der Waals surface area contributed by atoms with Crippen LogP contribution in [0.25, 0.3) is 0 Å². The number of amides is 1. The Hall–Kier alpha value is -2.22. The van der Waals surface area contributed by atoms with E-state index in [0.717, 1.165) is 36.9 Å². The van der Waals surface area contributed by atoms with Crippen LogP contribution >= 0.6 is 0 Å². The van der Waals surface area contributed by atoms with E-state index in [1.54, 1.807) is 35.2 Å². The van der Waals surface area contributed by atoms with Crippen LogP contribution < -0.4 is 9.62 Å². The van der Waals surface area contributed by atoms with Gasteiger partial charge in [-0.25, -0.2) is 13.1 Å². The van der Waals surface area contributed by atoms with Crippen LogP contribution in [0.3, 0.4) is 0 Å². The first-order valence-electron chi connectivity index (χ1n) is 9.66. The average Bonchev–Trinajstić information content (AvgIpc) is 3.25. The highest BCUT2D eigenvalue weighted by Crippen LogP contribution is 2.30. The molecule has 1 amide bonds. The van der Waals surface area contributed by atoms with Gasteiger partial charge in [0.05, 0.1) is 11.0 Å². The molecule has 148 valence electrons. The van der Waals surface area contributed by atoms with Crippen LogP contribution in [0.5, 0.6) is 0 Å².